The van der Waals surface area contributed by atoms with Gasteiger partial charge < -0.3 is 4.90 Å². The van der Waals surface area contributed by atoms with Crippen LogP contribution in [0.3, 0.4) is 0 Å². The van der Waals surface area contributed by atoms with Gasteiger partial charge in [-0.1, -0.05) is 23.7 Å². The lowest BCUT2D eigenvalue weighted by Crippen LogP contribution is -2.15. The van der Waals surface area contributed by atoms with Gasteiger partial charge in [0.05, 0.1) is 5.02 Å². The van der Waals surface area contributed by atoms with Gasteiger partial charge in [-0.15, -0.1) is 11.3 Å². The number of fused-ring (bicyclic) bond motifs is 1. The lowest BCUT2D eigenvalue weighted by atomic mass is 10.2. The van der Waals surface area contributed by atoms with Gasteiger partial charge in [-0.2, -0.15) is 0 Å². The van der Waals surface area contributed by atoms with E-state index in [1.165, 1.54) is 21.4 Å². The summed E-state index contributed by atoms with van der Waals surface area (Å²) in [6.45, 7) is 0.862. The minimum atomic E-state index is -3.70. The molecule has 2 heterocycles. The molecule has 122 valence electrons. The summed E-state index contributed by atoms with van der Waals surface area (Å²) >= 11 is 7.52. The van der Waals surface area contributed by atoms with E-state index in [1.54, 1.807) is 24.4 Å². The predicted octanol–water partition coefficient (Wildman–Crippen LogP) is 3.70. The maximum atomic E-state index is 13.0. The lowest BCUT2D eigenvalue weighted by Gasteiger charge is -2.09. The zero-order chi connectivity index (χ0) is 16.6. The Morgan fingerprint density at radius 3 is 2.65 bits per heavy atom. The van der Waals surface area contributed by atoms with Crippen LogP contribution in [-0.2, 0) is 16.4 Å². The summed E-state index contributed by atoms with van der Waals surface area (Å²) < 4.78 is 27.3. The van der Waals surface area contributed by atoms with Crippen molar-refractivity contribution >= 4 is 43.2 Å². The molecule has 23 heavy (non-hydrogen) atoms. The van der Waals surface area contributed by atoms with Crippen LogP contribution < -0.4 is 0 Å². The average Bonchev–Trinajstić information content (AvgIpc) is 3.07. The van der Waals surface area contributed by atoms with E-state index >= 15 is 0 Å². The third kappa shape index (κ3) is 3.04. The molecule has 7 heteroatoms. The molecule has 4 nitrogen and oxygen atoms in total. The summed E-state index contributed by atoms with van der Waals surface area (Å²) in [5, 5.41) is 3.15. The first-order valence-electron chi connectivity index (χ1n) is 7.13. The van der Waals surface area contributed by atoms with Crippen molar-refractivity contribution < 1.29 is 8.42 Å². The first kappa shape index (κ1) is 16.5. The van der Waals surface area contributed by atoms with Crippen molar-refractivity contribution in [1.29, 1.82) is 0 Å². The third-order valence-electron chi connectivity index (χ3n) is 3.67. The molecule has 0 N–H and O–H groups in total. The Hall–Kier alpha value is -1.34. The SMILES string of the molecule is CN(C)CCc1cn(S(=O)(=O)c2ccccc2Cl)c2sccc12. The molecule has 3 rings (SSSR count). The molecular formula is C16H17ClN2O2S2. The van der Waals surface area contributed by atoms with E-state index in [0.29, 0.717) is 0 Å². The molecule has 0 radical (unpaired) electrons. The number of aromatic nitrogens is 1. The molecule has 3 aromatic rings. The molecule has 0 spiro atoms. The fourth-order valence-corrected chi connectivity index (χ4v) is 5.49. The van der Waals surface area contributed by atoms with Crippen molar-refractivity contribution in [3.63, 3.8) is 0 Å². The van der Waals surface area contributed by atoms with Crippen LogP contribution in [0.25, 0.3) is 10.2 Å². The molecule has 0 aliphatic carbocycles. The van der Waals surface area contributed by atoms with Crippen molar-refractivity contribution in [3.8, 4) is 0 Å². The second-order valence-electron chi connectivity index (χ2n) is 5.58. The van der Waals surface area contributed by atoms with E-state index in [2.05, 4.69) is 4.90 Å². The Bertz CT molecular complexity index is 942. The molecule has 0 amide bonds. The molecule has 0 aliphatic heterocycles. The van der Waals surface area contributed by atoms with Gasteiger partial charge in [-0.3, -0.25) is 0 Å². The predicted molar refractivity (Wildman–Crippen MR) is 96.1 cm³/mol. The van der Waals surface area contributed by atoms with E-state index in [9.17, 15) is 8.42 Å². The van der Waals surface area contributed by atoms with Crippen LogP contribution in [0.5, 0.6) is 0 Å². The monoisotopic (exact) mass is 368 g/mol. The highest BCUT2D eigenvalue weighted by atomic mass is 35.5. The third-order valence-corrected chi connectivity index (χ3v) is 6.85. The number of benzene rings is 1. The van der Waals surface area contributed by atoms with Gasteiger partial charge in [0.15, 0.2) is 0 Å². The minimum absolute atomic E-state index is 0.131. The van der Waals surface area contributed by atoms with E-state index < -0.39 is 10.0 Å². The quantitative estimate of drug-likeness (QED) is 0.689. The number of halogens is 1. The normalized spacial score (nSPS) is 12.3. The molecule has 0 aliphatic rings. The molecule has 1 aromatic carbocycles. The summed E-state index contributed by atoms with van der Waals surface area (Å²) in [7, 11) is 0.302. The zero-order valence-electron chi connectivity index (χ0n) is 12.9. The van der Waals surface area contributed by atoms with E-state index in [0.717, 1.165) is 28.7 Å². The Morgan fingerprint density at radius 1 is 1.22 bits per heavy atom. The highest BCUT2D eigenvalue weighted by Gasteiger charge is 2.24. The van der Waals surface area contributed by atoms with Gasteiger partial charge in [0, 0.05) is 18.1 Å². The van der Waals surface area contributed by atoms with Crippen LogP contribution in [0, 0.1) is 0 Å². The standard InChI is InChI=1S/C16H17ClN2O2S2/c1-18(2)9-7-12-11-19(16-13(12)8-10-22-16)23(20,21)15-6-4-3-5-14(15)17/h3-6,8,10-11H,7,9H2,1-2H3. The Labute approximate surface area is 145 Å². The number of hydrogen-bond acceptors (Lipinski definition) is 4. The van der Waals surface area contributed by atoms with Crippen LogP contribution >= 0.6 is 22.9 Å². The summed E-state index contributed by atoms with van der Waals surface area (Å²) in [5.41, 5.74) is 1.03. The Balaban J connectivity index is 2.13. The molecule has 0 saturated carbocycles. The highest BCUT2D eigenvalue weighted by Crippen LogP contribution is 2.32. The van der Waals surface area contributed by atoms with Crippen LogP contribution in [0.15, 0.2) is 46.8 Å². The fraction of sp³-hybridized carbons (Fsp3) is 0.250. The molecule has 0 unspecified atom stereocenters. The largest absolute Gasteiger partial charge is 0.309 e. The summed E-state index contributed by atoms with van der Waals surface area (Å²) in [6, 6.07) is 8.51. The Kier molecular flexibility index (Phi) is 4.51. The number of nitrogens with zero attached hydrogens (tertiary/aromatic N) is 2. The minimum Gasteiger partial charge on any atom is -0.309 e. The van der Waals surface area contributed by atoms with Crippen molar-refractivity contribution in [2.75, 3.05) is 20.6 Å². The molecule has 2 aromatic heterocycles. The number of hydrogen-bond donors (Lipinski definition) is 0. The number of rotatable bonds is 5. The van der Waals surface area contributed by atoms with Crippen molar-refractivity contribution in [2.24, 2.45) is 0 Å². The van der Waals surface area contributed by atoms with E-state index in [-0.39, 0.29) is 9.92 Å². The molecule has 0 saturated heterocycles. The molecular weight excluding hydrogens is 352 g/mol. The summed E-state index contributed by atoms with van der Waals surface area (Å²) in [5.74, 6) is 0. The van der Waals surface area contributed by atoms with Crippen molar-refractivity contribution in [2.45, 2.75) is 11.3 Å². The van der Waals surface area contributed by atoms with Gasteiger partial charge >= 0.3 is 0 Å². The fourth-order valence-electron chi connectivity index (χ4n) is 2.47. The second-order valence-corrected chi connectivity index (χ2v) is 8.66. The number of thiophene rings is 1. The topological polar surface area (TPSA) is 42.3 Å². The summed E-state index contributed by atoms with van der Waals surface area (Å²) in [6.07, 6.45) is 2.52. The second kappa shape index (κ2) is 6.28. The van der Waals surface area contributed by atoms with Crippen LogP contribution in [0.1, 0.15) is 5.56 Å². The maximum absolute atomic E-state index is 13.0. The van der Waals surface area contributed by atoms with Crippen molar-refractivity contribution in [3.05, 3.63) is 52.5 Å². The first-order valence-corrected chi connectivity index (χ1v) is 9.83. The van der Waals surface area contributed by atoms with Gasteiger partial charge in [0.1, 0.15) is 9.73 Å². The highest BCUT2D eigenvalue weighted by molar-refractivity contribution is 7.90. The van der Waals surface area contributed by atoms with Gasteiger partial charge in [0.2, 0.25) is 0 Å². The Morgan fingerprint density at radius 2 is 1.96 bits per heavy atom. The van der Waals surface area contributed by atoms with Crippen LogP contribution in [-0.4, -0.2) is 37.9 Å². The van der Waals surface area contributed by atoms with Crippen LogP contribution in [0.4, 0.5) is 0 Å². The summed E-state index contributed by atoms with van der Waals surface area (Å²) in [4.78, 5) is 2.95. The lowest BCUT2D eigenvalue weighted by molar-refractivity contribution is 0.414. The van der Waals surface area contributed by atoms with Crippen molar-refractivity contribution in [1.82, 2.24) is 8.87 Å². The van der Waals surface area contributed by atoms with E-state index in [1.807, 2.05) is 25.5 Å². The van der Waals surface area contributed by atoms with Gasteiger partial charge in [-0.05, 0) is 49.7 Å². The molecule has 0 fully saturated rings. The zero-order valence-corrected chi connectivity index (χ0v) is 15.2. The molecule has 0 atom stereocenters. The molecule has 0 bridgehead atoms. The van der Waals surface area contributed by atoms with Gasteiger partial charge in [-0.25, -0.2) is 12.4 Å². The smallest absolute Gasteiger partial charge is 0.270 e. The average molecular weight is 369 g/mol. The van der Waals surface area contributed by atoms with Gasteiger partial charge in [0.25, 0.3) is 10.0 Å². The first-order chi connectivity index (χ1) is 10.9. The van der Waals surface area contributed by atoms with Crippen LogP contribution in [0.2, 0.25) is 5.02 Å². The number of likely N-dealkylation sites (N-methyl/N-ethyl adjacent to an activating group) is 1. The van der Waals surface area contributed by atoms with E-state index in [4.69, 9.17) is 11.6 Å². The maximum Gasteiger partial charge on any atom is 0.270 e.